The first-order valence-electron chi connectivity index (χ1n) is 4.84. The number of nitrogens with one attached hydrogen (secondary N) is 1. The summed E-state index contributed by atoms with van der Waals surface area (Å²) in [4.78, 5) is 4.14. The molecular formula is C11H20N2OS. The van der Waals surface area contributed by atoms with E-state index in [1.807, 2.05) is 27.7 Å². The average molecular weight is 228 g/mol. The summed E-state index contributed by atoms with van der Waals surface area (Å²) in [5.74, 6) is 0. The van der Waals surface area contributed by atoms with Gasteiger partial charge in [0.1, 0.15) is 4.75 Å². The van der Waals surface area contributed by atoms with E-state index in [4.69, 9.17) is 0 Å². The average Bonchev–Trinajstić information content (AvgIpc) is 2.13. The van der Waals surface area contributed by atoms with E-state index in [0.717, 1.165) is 5.71 Å². The quantitative estimate of drug-likeness (QED) is 0.445. The van der Waals surface area contributed by atoms with E-state index >= 15 is 0 Å². The molecule has 1 unspecified atom stereocenters. The number of nitrogens with zero attached hydrogens (tertiary/aromatic N) is 1. The fourth-order valence-electron chi connectivity index (χ4n) is 0.663. The number of allylic oxidation sites excluding steroid dienone is 2. The summed E-state index contributed by atoms with van der Waals surface area (Å²) in [6.07, 6.45) is 5.09. The van der Waals surface area contributed by atoms with Gasteiger partial charge in [-0.05, 0) is 33.8 Å². The topological polar surface area (TPSA) is 47.5 Å². The van der Waals surface area contributed by atoms with Gasteiger partial charge in [-0.25, -0.2) is 0 Å². The van der Waals surface area contributed by atoms with Gasteiger partial charge in [0.25, 0.3) is 0 Å². The zero-order valence-electron chi connectivity index (χ0n) is 9.91. The number of hydrogen-bond donors (Lipinski definition) is 1. The van der Waals surface area contributed by atoms with Crippen molar-refractivity contribution in [1.29, 1.82) is 0 Å². The van der Waals surface area contributed by atoms with E-state index in [0.29, 0.717) is 6.54 Å². The van der Waals surface area contributed by atoms with Crippen molar-refractivity contribution in [1.82, 2.24) is 4.72 Å². The summed E-state index contributed by atoms with van der Waals surface area (Å²) in [7, 11) is 0. The third-order valence-electron chi connectivity index (χ3n) is 1.53. The van der Waals surface area contributed by atoms with Crippen molar-refractivity contribution in [2.45, 2.75) is 32.4 Å². The van der Waals surface area contributed by atoms with Crippen LogP contribution < -0.4 is 4.72 Å². The molecule has 0 aliphatic rings. The van der Waals surface area contributed by atoms with Crippen LogP contribution in [0.1, 0.15) is 27.7 Å². The van der Waals surface area contributed by atoms with Crippen molar-refractivity contribution < 1.29 is 4.55 Å². The van der Waals surface area contributed by atoms with Gasteiger partial charge in [-0.1, -0.05) is 12.7 Å². The molecule has 3 nitrogen and oxygen atoms in total. The molecule has 0 aliphatic heterocycles. The smallest absolute Gasteiger partial charge is 0.136 e. The van der Waals surface area contributed by atoms with Gasteiger partial charge < -0.3 is 4.55 Å². The minimum absolute atomic E-state index is 0.239. The zero-order chi connectivity index (χ0) is 11.9. The second-order valence-electron chi connectivity index (χ2n) is 4.14. The van der Waals surface area contributed by atoms with Crippen LogP contribution >= 0.6 is 0 Å². The first kappa shape index (κ1) is 14.4. The Bertz CT molecular complexity index is 254. The van der Waals surface area contributed by atoms with E-state index < -0.39 is 11.4 Å². The van der Waals surface area contributed by atoms with Gasteiger partial charge in [-0.3, -0.25) is 4.99 Å². The van der Waals surface area contributed by atoms with Gasteiger partial charge in [0.15, 0.2) is 0 Å². The molecule has 0 rings (SSSR count). The van der Waals surface area contributed by atoms with Crippen LogP contribution in [-0.4, -0.2) is 21.6 Å². The zero-order valence-corrected chi connectivity index (χ0v) is 10.7. The predicted molar refractivity (Wildman–Crippen MR) is 68.3 cm³/mol. The van der Waals surface area contributed by atoms with Crippen molar-refractivity contribution in [3.05, 3.63) is 24.9 Å². The lowest BCUT2D eigenvalue weighted by atomic mass is 10.3. The van der Waals surface area contributed by atoms with Crippen molar-refractivity contribution in [3.8, 4) is 0 Å². The van der Waals surface area contributed by atoms with Gasteiger partial charge in [0.05, 0.1) is 6.54 Å². The van der Waals surface area contributed by atoms with E-state index in [1.165, 1.54) is 0 Å². The van der Waals surface area contributed by atoms with E-state index in [2.05, 4.69) is 16.3 Å². The number of hydrogen-bond acceptors (Lipinski definition) is 3. The minimum Gasteiger partial charge on any atom is -0.598 e. The van der Waals surface area contributed by atoms with Gasteiger partial charge in [0, 0.05) is 23.3 Å². The predicted octanol–water partition coefficient (Wildman–Crippen LogP) is 2.20. The molecule has 0 aliphatic carbocycles. The standard InChI is InChI=1S/C11H20N2OS/c1-6-7-8-12-10(2)9-13-15(14)11(3,4)5/h6-8,13H,1,9H2,2-5H3/b8-7-,12-10+. The van der Waals surface area contributed by atoms with Crippen molar-refractivity contribution in [3.63, 3.8) is 0 Å². The van der Waals surface area contributed by atoms with Crippen LogP contribution in [0.5, 0.6) is 0 Å². The van der Waals surface area contributed by atoms with Gasteiger partial charge >= 0.3 is 0 Å². The molecule has 0 aromatic carbocycles. The van der Waals surface area contributed by atoms with Crippen molar-refractivity contribution >= 4 is 17.1 Å². The molecule has 1 atom stereocenters. The highest BCUT2D eigenvalue weighted by Gasteiger charge is 2.25. The molecule has 0 fully saturated rings. The largest absolute Gasteiger partial charge is 0.598 e. The van der Waals surface area contributed by atoms with E-state index in [1.54, 1.807) is 18.4 Å². The normalized spacial score (nSPS) is 15.7. The van der Waals surface area contributed by atoms with Gasteiger partial charge in [-0.2, -0.15) is 0 Å². The molecule has 0 saturated heterocycles. The van der Waals surface area contributed by atoms with Gasteiger partial charge in [0.2, 0.25) is 0 Å². The monoisotopic (exact) mass is 228 g/mol. The van der Waals surface area contributed by atoms with Crippen molar-refractivity contribution in [2.24, 2.45) is 4.99 Å². The summed E-state index contributed by atoms with van der Waals surface area (Å²) in [6, 6.07) is 0. The Labute approximate surface area is 95.7 Å². The lowest BCUT2D eigenvalue weighted by molar-refractivity contribution is 0.549. The minimum atomic E-state index is -1.04. The second kappa shape index (κ2) is 6.82. The first-order chi connectivity index (χ1) is 6.88. The summed E-state index contributed by atoms with van der Waals surface area (Å²) >= 11 is -1.04. The maximum absolute atomic E-state index is 11.6. The molecule has 0 amide bonds. The van der Waals surface area contributed by atoms with Crippen LogP contribution in [-0.2, 0) is 11.4 Å². The molecule has 0 spiro atoms. The highest BCUT2D eigenvalue weighted by Crippen LogP contribution is 2.12. The molecule has 0 radical (unpaired) electrons. The first-order valence-corrected chi connectivity index (χ1v) is 5.99. The van der Waals surface area contributed by atoms with Crippen LogP contribution in [0.15, 0.2) is 29.9 Å². The third kappa shape index (κ3) is 7.36. The molecular weight excluding hydrogens is 208 g/mol. The van der Waals surface area contributed by atoms with Crippen LogP contribution in [0.25, 0.3) is 0 Å². The summed E-state index contributed by atoms with van der Waals surface area (Å²) < 4.78 is 14.3. The summed E-state index contributed by atoms with van der Waals surface area (Å²) in [6.45, 7) is 11.8. The SMILES string of the molecule is C=C/C=C\N=C(/C)CN[S+]([O-])C(C)(C)C. The second-order valence-corrected chi connectivity index (χ2v) is 6.19. The Morgan fingerprint density at radius 1 is 1.53 bits per heavy atom. The number of aliphatic imine (C=N–C) groups is 1. The molecule has 86 valence electrons. The Morgan fingerprint density at radius 2 is 2.13 bits per heavy atom. The molecule has 0 bridgehead atoms. The van der Waals surface area contributed by atoms with Crippen molar-refractivity contribution in [2.75, 3.05) is 6.54 Å². The molecule has 0 heterocycles. The molecule has 15 heavy (non-hydrogen) atoms. The van der Waals surface area contributed by atoms with Crippen LogP contribution in [0.3, 0.4) is 0 Å². The third-order valence-corrected chi connectivity index (χ3v) is 3.05. The highest BCUT2D eigenvalue weighted by atomic mass is 32.2. The van der Waals surface area contributed by atoms with Gasteiger partial charge in [-0.15, -0.1) is 4.72 Å². The fourth-order valence-corrected chi connectivity index (χ4v) is 1.44. The molecule has 0 saturated carbocycles. The maximum Gasteiger partial charge on any atom is 0.136 e. The highest BCUT2D eigenvalue weighted by molar-refractivity contribution is 7.90. The van der Waals surface area contributed by atoms with Crippen LogP contribution in [0.4, 0.5) is 0 Å². The summed E-state index contributed by atoms with van der Waals surface area (Å²) in [5.41, 5.74) is 0.894. The van der Waals surface area contributed by atoms with Crippen LogP contribution in [0, 0.1) is 0 Å². The Kier molecular flexibility index (Phi) is 6.56. The molecule has 1 N–H and O–H groups in total. The molecule has 0 aromatic rings. The maximum atomic E-state index is 11.6. The van der Waals surface area contributed by atoms with E-state index in [9.17, 15) is 4.55 Å². The van der Waals surface area contributed by atoms with Crippen LogP contribution in [0.2, 0.25) is 0 Å². The Balaban J connectivity index is 4.00. The molecule has 4 heteroatoms. The Hall–Kier alpha value is -0.580. The fraction of sp³-hybridized carbons (Fsp3) is 0.545. The lowest BCUT2D eigenvalue weighted by Crippen LogP contribution is -2.41. The number of rotatable bonds is 5. The lowest BCUT2D eigenvalue weighted by Gasteiger charge is -2.23. The Morgan fingerprint density at radius 3 is 2.60 bits per heavy atom. The molecule has 0 aromatic heterocycles. The summed E-state index contributed by atoms with van der Waals surface area (Å²) in [5, 5.41) is 0. The van der Waals surface area contributed by atoms with E-state index in [-0.39, 0.29) is 4.75 Å².